The Morgan fingerprint density at radius 3 is 2.62 bits per heavy atom. The van der Waals surface area contributed by atoms with Gasteiger partial charge in [-0.3, -0.25) is 0 Å². The molecule has 0 aliphatic heterocycles. The van der Waals surface area contributed by atoms with Crippen LogP contribution in [0.1, 0.15) is 50.2 Å². The minimum absolute atomic E-state index is 0.0375. The SMILES string of the molecule is CC(NS(=O)(=O)Cc1ccccc1C#N)C1CCCCC1. The van der Waals surface area contributed by atoms with E-state index in [1.54, 1.807) is 24.3 Å². The van der Waals surface area contributed by atoms with Crippen LogP contribution in [0.15, 0.2) is 24.3 Å². The Kier molecular flexibility index (Phi) is 5.38. The Morgan fingerprint density at radius 1 is 1.29 bits per heavy atom. The molecular formula is C16H22N2O2S. The number of benzene rings is 1. The summed E-state index contributed by atoms with van der Waals surface area (Å²) < 4.78 is 27.4. The molecule has 5 heteroatoms. The number of nitrogens with zero attached hydrogens (tertiary/aromatic N) is 1. The van der Waals surface area contributed by atoms with Crippen LogP contribution < -0.4 is 4.72 Å². The molecule has 1 N–H and O–H groups in total. The molecule has 114 valence electrons. The molecule has 4 nitrogen and oxygen atoms in total. The fourth-order valence-corrected chi connectivity index (χ4v) is 4.52. The van der Waals surface area contributed by atoms with Gasteiger partial charge in [-0.15, -0.1) is 0 Å². The van der Waals surface area contributed by atoms with Crippen LogP contribution in [0.3, 0.4) is 0 Å². The van der Waals surface area contributed by atoms with Gasteiger partial charge in [0.05, 0.1) is 17.4 Å². The highest BCUT2D eigenvalue weighted by Crippen LogP contribution is 2.26. The third-order valence-corrected chi connectivity index (χ3v) is 5.63. The van der Waals surface area contributed by atoms with Gasteiger partial charge in [0.1, 0.15) is 0 Å². The van der Waals surface area contributed by atoms with E-state index in [0.29, 0.717) is 17.0 Å². The van der Waals surface area contributed by atoms with Crippen molar-refractivity contribution < 1.29 is 8.42 Å². The third-order valence-electron chi connectivity index (χ3n) is 4.21. The van der Waals surface area contributed by atoms with Gasteiger partial charge in [0, 0.05) is 6.04 Å². The van der Waals surface area contributed by atoms with Crippen molar-refractivity contribution in [1.82, 2.24) is 4.72 Å². The van der Waals surface area contributed by atoms with Crippen LogP contribution in [-0.4, -0.2) is 14.5 Å². The maximum Gasteiger partial charge on any atom is 0.216 e. The minimum Gasteiger partial charge on any atom is -0.212 e. The molecule has 0 radical (unpaired) electrons. The third kappa shape index (κ3) is 4.55. The molecule has 0 heterocycles. The van der Waals surface area contributed by atoms with Crippen molar-refractivity contribution in [2.45, 2.75) is 50.8 Å². The smallest absolute Gasteiger partial charge is 0.212 e. The van der Waals surface area contributed by atoms with E-state index in [1.165, 1.54) is 19.3 Å². The molecule has 1 aromatic carbocycles. The van der Waals surface area contributed by atoms with Gasteiger partial charge < -0.3 is 0 Å². The molecule has 1 saturated carbocycles. The maximum absolute atomic E-state index is 12.3. The van der Waals surface area contributed by atoms with Gasteiger partial charge in [-0.2, -0.15) is 5.26 Å². The zero-order valence-electron chi connectivity index (χ0n) is 12.4. The largest absolute Gasteiger partial charge is 0.216 e. The van der Waals surface area contributed by atoms with Crippen molar-refractivity contribution in [2.75, 3.05) is 0 Å². The van der Waals surface area contributed by atoms with Gasteiger partial charge in [-0.25, -0.2) is 13.1 Å². The standard InChI is InChI=1S/C16H22N2O2S/c1-13(14-7-3-2-4-8-14)18-21(19,20)12-16-10-6-5-9-15(16)11-17/h5-6,9-10,13-14,18H,2-4,7-8,12H2,1H3. The Labute approximate surface area is 127 Å². The normalized spacial score (nSPS) is 18.1. The second-order valence-electron chi connectivity index (χ2n) is 5.83. The van der Waals surface area contributed by atoms with Gasteiger partial charge in [-0.05, 0) is 37.3 Å². The van der Waals surface area contributed by atoms with Crippen LogP contribution in [0.25, 0.3) is 0 Å². The van der Waals surface area contributed by atoms with Crippen LogP contribution in [0.2, 0.25) is 0 Å². The van der Waals surface area contributed by atoms with Crippen LogP contribution in [0.4, 0.5) is 0 Å². The lowest BCUT2D eigenvalue weighted by Gasteiger charge is -2.28. The summed E-state index contributed by atoms with van der Waals surface area (Å²) in [4.78, 5) is 0. The molecule has 2 rings (SSSR count). The van der Waals surface area contributed by atoms with Crippen molar-refractivity contribution in [1.29, 1.82) is 5.26 Å². The highest BCUT2D eigenvalue weighted by molar-refractivity contribution is 7.88. The molecule has 0 bridgehead atoms. The van der Waals surface area contributed by atoms with Crippen molar-refractivity contribution >= 4 is 10.0 Å². The predicted molar refractivity (Wildman–Crippen MR) is 83.0 cm³/mol. The van der Waals surface area contributed by atoms with E-state index >= 15 is 0 Å². The maximum atomic E-state index is 12.3. The van der Waals surface area contributed by atoms with E-state index in [1.807, 2.05) is 13.0 Å². The molecule has 1 fully saturated rings. The quantitative estimate of drug-likeness (QED) is 0.909. The number of rotatable bonds is 5. The van der Waals surface area contributed by atoms with Gasteiger partial charge in [-0.1, -0.05) is 37.5 Å². The Hall–Kier alpha value is -1.38. The van der Waals surface area contributed by atoms with Crippen LogP contribution in [-0.2, 0) is 15.8 Å². The molecule has 0 aromatic heterocycles. The first kappa shape index (κ1) is 16.0. The molecule has 1 unspecified atom stereocenters. The van der Waals surface area contributed by atoms with E-state index in [2.05, 4.69) is 4.72 Å². The van der Waals surface area contributed by atoms with Crippen molar-refractivity contribution in [3.63, 3.8) is 0 Å². The fraction of sp³-hybridized carbons (Fsp3) is 0.562. The fourth-order valence-electron chi connectivity index (χ4n) is 3.02. The number of sulfonamides is 1. The predicted octanol–water partition coefficient (Wildman–Crippen LogP) is 2.95. The molecule has 1 atom stereocenters. The second kappa shape index (κ2) is 7.06. The first-order valence-corrected chi connectivity index (χ1v) is 9.15. The number of nitriles is 1. The molecular weight excluding hydrogens is 284 g/mol. The summed E-state index contributed by atoms with van der Waals surface area (Å²) in [5.74, 6) is 0.299. The first-order chi connectivity index (χ1) is 10.0. The molecule has 0 spiro atoms. The summed E-state index contributed by atoms with van der Waals surface area (Å²) in [6.45, 7) is 1.95. The van der Waals surface area contributed by atoms with Crippen molar-refractivity contribution in [3.8, 4) is 6.07 Å². The zero-order valence-corrected chi connectivity index (χ0v) is 13.2. The van der Waals surface area contributed by atoms with E-state index in [4.69, 9.17) is 5.26 Å². The van der Waals surface area contributed by atoms with Crippen molar-refractivity contribution in [3.05, 3.63) is 35.4 Å². The molecule has 1 aromatic rings. The summed E-state index contributed by atoms with van der Waals surface area (Å²) in [6, 6.07) is 8.85. The highest BCUT2D eigenvalue weighted by Gasteiger charge is 2.24. The molecule has 1 aliphatic rings. The molecule has 21 heavy (non-hydrogen) atoms. The van der Waals surface area contributed by atoms with Gasteiger partial charge in [0.15, 0.2) is 0 Å². The Balaban J connectivity index is 2.03. The van der Waals surface area contributed by atoms with Crippen LogP contribution in [0.5, 0.6) is 0 Å². The van der Waals surface area contributed by atoms with E-state index in [9.17, 15) is 8.42 Å². The van der Waals surface area contributed by atoms with Gasteiger partial charge in [0.2, 0.25) is 10.0 Å². The van der Waals surface area contributed by atoms with E-state index in [-0.39, 0.29) is 11.8 Å². The van der Waals surface area contributed by atoms with Gasteiger partial charge >= 0.3 is 0 Å². The average Bonchev–Trinajstić information content (AvgIpc) is 2.47. The summed E-state index contributed by atoms with van der Waals surface area (Å²) in [7, 11) is -3.42. The van der Waals surface area contributed by atoms with Crippen LogP contribution in [0, 0.1) is 17.2 Å². The molecule has 0 saturated heterocycles. The van der Waals surface area contributed by atoms with E-state index in [0.717, 1.165) is 12.8 Å². The summed E-state index contributed by atoms with van der Waals surface area (Å²) >= 11 is 0. The summed E-state index contributed by atoms with van der Waals surface area (Å²) in [5.41, 5.74) is 0.983. The highest BCUT2D eigenvalue weighted by atomic mass is 32.2. The topological polar surface area (TPSA) is 70.0 Å². The number of hydrogen-bond donors (Lipinski definition) is 1. The zero-order chi connectivity index (χ0) is 15.3. The second-order valence-corrected chi connectivity index (χ2v) is 7.59. The lowest BCUT2D eigenvalue weighted by molar-refractivity contribution is 0.303. The molecule has 0 amide bonds. The summed E-state index contributed by atoms with van der Waals surface area (Å²) in [5, 5.41) is 9.04. The summed E-state index contributed by atoms with van der Waals surface area (Å²) in [6.07, 6.45) is 5.82. The lowest BCUT2D eigenvalue weighted by atomic mass is 9.85. The minimum atomic E-state index is -3.42. The number of nitrogens with one attached hydrogen (secondary N) is 1. The Bertz CT molecular complexity index is 613. The number of hydrogen-bond acceptors (Lipinski definition) is 3. The van der Waals surface area contributed by atoms with Crippen LogP contribution >= 0.6 is 0 Å². The molecule has 1 aliphatic carbocycles. The first-order valence-electron chi connectivity index (χ1n) is 7.50. The lowest BCUT2D eigenvalue weighted by Crippen LogP contribution is -2.39. The Morgan fingerprint density at radius 2 is 1.95 bits per heavy atom. The van der Waals surface area contributed by atoms with Crippen molar-refractivity contribution in [2.24, 2.45) is 5.92 Å². The average molecular weight is 306 g/mol. The monoisotopic (exact) mass is 306 g/mol. The van der Waals surface area contributed by atoms with E-state index < -0.39 is 10.0 Å². The van der Waals surface area contributed by atoms with Gasteiger partial charge in [0.25, 0.3) is 0 Å².